The van der Waals surface area contributed by atoms with Gasteiger partial charge in [0, 0.05) is 5.56 Å². The number of benzene rings is 3. The molecule has 2 amide bonds. The van der Waals surface area contributed by atoms with Crippen molar-refractivity contribution in [2.45, 2.75) is 26.2 Å². The Morgan fingerprint density at radius 3 is 2.19 bits per heavy atom. The van der Waals surface area contributed by atoms with Crippen molar-refractivity contribution in [2.24, 2.45) is 0 Å². The average Bonchev–Trinajstić information content (AvgIpc) is 2.75. The summed E-state index contributed by atoms with van der Waals surface area (Å²) in [6.07, 6.45) is 0. The van der Waals surface area contributed by atoms with Crippen molar-refractivity contribution in [1.82, 2.24) is 5.32 Å². The summed E-state index contributed by atoms with van der Waals surface area (Å²) in [5.74, 6) is -1.43. The first-order valence-corrected chi connectivity index (χ1v) is 9.94. The first kappa shape index (κ1) is 22.0. The highest BCUT2D eigenvalue weighted by atomic mass is 16.6. The van der Waals surface area contributed by atoms with Gasteiger partial charge in [-0.3, -0.25) is 14.9 Å². The van der Waals surface area contributed by atoms with Crippen molar-refractivity contribution < 1.29 is 23.9 Å². The van der Waals surface area contributed by atoms with Gasteiger partial charge >= 0.3 is 5.97 Å². The fourth-order valence-corrected chi connectivity index (χ4v) is 2.94. The van der Waals surface area contributed by atoms with Crippen molar-refractivity contribution in [2.75, 3.05) is 13.2 Å². The third kappa shape index (κ3) is 6.15. The molecular formula is C25H25NO5. The summed E-state index contributed by atoms with van der Waals surface area (Å²) in [6, 6.07) is 20.3. The normalized spacial score (nSPS) is 11.1. The molecule has 0 saturated carbocycles. The lowest BCUT2D eigenvalue weighted by molar-refractivity contribution is -0.150. The molecule has 0 bridgehead atoms. The maximum Gasteiger partial charge on any atom is 0.344 e. The van der Waals surface area contributed by atoms with Gasteiger partial charge in [0.15, 0.2) is 13.2 Å². The van der Waals surface area contributed by atoms with E-state index in [4.69, 9.17) is 9.47 Å². The predicted molar refractivity (Wildman–Crippen MR) is 118 cm³/mol. The highest BCUT2D eigenvalue weighted by Gasteiger charge is 2.16. The number of rotatable bonds is 6. The number of amides is 2. The summed E-state index contributed by atoms with van der Waals surface area (Å²) in [7, 11) is 0. The van der Waals surface area contributed by atoms with Gasteiger partial charge in [0.25, 0.3) is 11.8 Å². The summed E-state index contributed by atoms with van der Waals surface area (Å²) >= 11 is 0. The Hall–Kier alpha value is -3.67. The van der Waals surface area contributed by atoms with Gasteiger partial charge < -0.3 is 9.47 Å². The number of ether oxygens (including phenoxy) is 2. The quantitative estimate of drug-likeness (QED) is 0.611. The lowest BCUT2D eigenvalue weighted by Crippen LogP contribution is -2.34. The molecule has 0 aromatic heterocycles. The molecule has 6 heteroatoms. The SMILES string of the molecule is CC(C)(C)c1ccc(C(=O)NC(=O)COC(=O)COc2ccc3ccccc3c2)cc1. The second-order valence-corrected chi connectivity index (χ2v) is 8.16. The molecule has 0 fully saturated rings. The van der Waals surface area contributed by atoms with E-state index >= 15 is 0 Å². The zero-order valence-electron chi connectivity index (χ0n) is 17.8. The third-order valence-electron chi connectivity index (χ3n) is 4.71. The number of imide groups is 1. The van der Waals surface area contributed by atoms with E-state index in [9.17, 15) is 14.4 Å². The zero-order chi connectivity index (χ0) is 22.4. The fourth-order valence-electron chi connectivity index (χ4n) is 2.94. The Kier molecular flexibility index (Phi) is 6.70. The van der Waals surface area contributed by atoms with Crippen LogP contribution in [0.4, 0.5) is 0 Å². The maximum atomic E-state index is 12.2. The van der Waals surface area contributed by atoms with Crippen molar-refractivity contribution >= 4 is 28.6 Å². The van der Waals surface area contributed by atoms with Crippen molar-refractivity contribution in [1.29, 1.82) is 0 Å². The molecular weight excluding hydrogens is 394 g/mol. The largest absolute Gasteiger partial charge is 0.482 e. The van der Waals surface area contributed by atoms with E-state index < -0.39 is 24.4 Å². The lowest BCUT2D eigenvalue weighted by Gasteiger charge is -2.19. The van der Waals surface area contributed by atoms with Crippen LogP contribution in [0.2, 0.25) is 0 Å². The molecule has 6 nitrogen and oxygen atoms in total. The van der Waals surface area contributed by atoms with E-state index in [1.54, 1.807) is 18.2 Å². The summed E-state index contributed by atoms with van der Waals surface area (Å²) in [5, 5.41) is 4.26. The van der Waals surface area contributed by atoms with Gasteiger partial charge in [0.2, 0.25) is 0 Å². The van der Waals surface area contributed by atoms with Crippen molar-refractivity contribution in [3.63, 3.8) is 0 Å². The van der Waals surface area contributed by atoms with Gasteiger partial charge in [-0.2, -0.15) is 0 Å². The monoisotopic (exact) mass is 419 g/mol. The van der Waals surface area contributed by atoms with Crippen LogP contribution in [0.25, 0.3) is 10.8 Å². The Morgan fingerprint density at radius 1 is 0.839 bits per heavy atom. The van der Waals surface area contributed by atoms with Crippen LogP contribution in [0.15, 0.2) is 66.7 Å². The minimum absolute atomic E-state index is 0.0338. The molecule has 3 rings (SSSR count). The highest BCUT2D eigenvalue weighted by molar-refractivity contribution is 6.05. The predicted octanol–water partition coefficient (Wildman–Crippen LogP) is 4.02. The van der Waals surface area contributed by atoms with Crippen LogP contribution in [-0.4, -0.2) is 31.0 Å². The lowest BCUT2D eigenvalue weighted by atomic mass is 9.87. The molecule has 0 aliphatic carbocycles. The number of carbonyl (C=O) groups is 3. The molecule has 0 atom stereocenters. The van der Waals surface area contributed by atoms with Crippen LogP contribution in [0.5, 0.6) is 5.75 Å². The fraction of sp³-hybridized carbons (Fsp3) is 0.240. The Bertz CT molecular complexity index is 1100. The molecule has 1 N–H and O–H groups in total. The van der Waals surface area contributed by atoms with Crippen molar-refractivity contribution in [3.05, 3.63) is 77.9 Å². The number of hydrogen-bond acceptors (Lipinski definition) is 5. The van der Waals surface area contributed by atoms with Crippen LogP contribution >= 0.6 is 0 Å². The minimum Gasteiger partial charge on any atom is -0.482 e. The van der Waals surface area contributed by atoms with Crippen LogP contribution in [0, 0.1) is 0 Å². The topological polar surface area (TPSA) is 81.7 Å². The molecule has 31 heavy (non-hydrogen) atoms. The summed E-state index contributed by atoms with van der Waals surface area (Å²) < 4.78 is 10.3. The van der Waals surface area contributed by atoms with Gasteiger partial charge in [-0.1, -0.05) is 63.2 Å². The molecule has 3 aromatic rings. The Labute approximate surface area is 181 Å². The molecule has 0 spiro atoms. The van der Waals surface area contributed by atoms with E-state index in [1.165, 1.54) is 0 Å². The molecule has 3 aromatic carbocycles. The van der Waals surface area contributed by atoms with Gasteiger partial charge in [0.05, 0.1) is 0 Å². The van der Waals surface area contributed by atoms with E-state index in [1.807, 2.05) is 48.5 Å². The second-order valence-electron chi connectivity index (χ2n) is 8.16. The van der Waals surface area contributed by atoms with Gasteiger partial charge in [-0.25, -0.2) is 4.79 Å². The van der Waals surface area contributed by atoms with Crippen LogP contribution in [-0.2, 0) is 19.7 Å². The number of carbonyl (C=O) groups excluding carboxylic acids is 3. The van der Waals surface area contributed by atoms with E-state index in [2.05, 4.69) is 26.1 Å². The van der Waals surface area contributed by atoms with Gasteiger partial charge in [0.1, 0.15) is 5.75 Å². The first-order valence-electron chi connectivity index (χ1n) is 9.94. The van der Waals surface area contributed by atoms with E-state index in [0.29, 0.717) is 11.3 Å². The smallest absolute Gasteiger partial charge is 0.344 e. The van der Waals surface area contributed by atoms with E-state index in [0.717, 1.165) is 16.3 Å². The highest BCUT2D eigenvalue weighted by Crippen LogP contribution is 2.22. The number of esters is 1. The molecule has 0 unspecified atom stereocenters. The molecule has 0 radical (unpaired) electrons. The average molecular weight is 419 g/mol. The molecule has 0 heterocycles. The van der Waals surface area contributed by atoms with Crippen LogP contribution in [0.3, 0.4) is 0 Å². The molecule has 160 valence electrons. The zero-order valence-corrected chi connectivity index (χ0v) is 17.8. The van der Waals surface area contributed by atoms with Gasteiger partial charge in [-0.05, 0) is 46.0 Å². The molecule has 0 saturated heterocycles. The summed E-state index contributed by atoms with van der Waals surface area (Å²) in [6.45, 7) is 5.32. The number of hydrogen-bond donors (Lipinski definition) is 1. The second kappa shape index (κ2) is 9.43. The third-order valence-corrected chi connectivity index (χ3v) is 4.71. The minimum atomic E-state index is -0.705. The summed E-state index contributed by atoms with van der Waals surface area (Å²) in [4.78, 5) is 36.0. The van der Waals surface area contributed by atoms with E-state index in [-0.39, 0.29) is 12.0 Å². The van der Waals surface area contributed by atoms with Crippen LogP contribution in [0.1, 0.15) is 36.7 Å². The van der Waals surface area contributed by atoms with Crippen molar-refractivity contribution in [3.8, 4) is 5.75 Å². The standard InChI is InChI=1S/C25H25NO5/c1-25(2,3)20-11-8-18(9-12-20)24(29)26-22(27)15-31-23(28)16-30-21-13-10-17-6-4-5-7-19(17)14-21/h4-14H,15-16H2,1-3H3,(H,26,27,29). The Balaban J connectivity index is 1.44. The maximum absolute atomic E-state index is 12.2. The molecule has 0 aliphatic heterocycles. The number of nitrogens with one attached hydrogen (secondary N) is 1. The van der Waals surface area contributed by atoms with Crippen LogP contribution < -0.4 is 10.1 Å². The first-order chi connectivity index (χ1) is 14.7. The number of fused-ring (bicyclic) bond motifs is 1. The van der Waals surface area contributed by atoms with Gasteiger partial charge in [-0.15, -0.1) is 0 Å². The molecule has 0 aliphatic rings. The Morgan fingerprint density at radius 2 is 1.52 bits per heavy atom. The summed E-state index contributed by atoms with van der Waals surface area (Å²) in [5.41, 5.74) is 1.40.